The molecule has 0 atom stereocenters. The molecule has 0 radical (unpaired) electrons. The zero-order valence-electron chi connectivity index (χ0n) is 13.0. The monoisotopic (exact) mass is 402 g/mol. The van der Waals surface area contributed by atoms with Crippen molar-refractivity contribution < 1.29 is 9.53 Å². The third kappa shape index (κ3) is 4.01. The predicted molar refractivity (Wildman–Crippen MR) is 98.6 cm³/mol. The molecule has 3 rings (SSSR count). The van der Waals surface area contributed by atoms with Gasteiger partial charge >= 0.3 is 0 Å². The summed E-state index contributed by atoms with van der Waals surface area (Å²) in [4.78, 5) is 19.7. The van der Waals surface area contributed by atoms with Crippen molar-refractivity contribution in [1.29, 1.82) is 0 Å². The molecule has 2 heterocycles. The van der Waals surface area contributed by atoms with Crippen molar-refractivity contribution in [1.82, 2.24) is 9.88 Å². The van der Waals surface area contributed by atoms with Crippen LogP contribution in [0, 0.1) is 0 Å². The smallest absolute Gasteiger partial charge is 0.259 e. The number of carbonyl (C=O) groups is 1. The van der Waals surface area contributed by atoms with Crippen LogP contribution in [0.25, 0.3) is 0 Å². The SMILES string of the molecule is CN(Cc1ccc(Br)s1)C(=O)c1cccnc1Oc1ccccc1. The van der Waals surface area contributed by atoms with Crippen molar-refractivity contribution in [3.63, 3.8) is 0 Å². The fourth-order valence-corrected chi connectivity index (χ4v) is 3.72. The minimum Gasteiger partial charge on any atom is -0.438 e. The average molecular weight is 403 g/mol. The number of benzene rings is 1. The zero-order chi connectivity index (χ0) is 16.9. The Balaban J connectivity index is 1.79. The maximum atomic E-state index is 12.8. The highest BCUT2D eigenvalue weighted by atomic mass is 79.9. The summed E-state index contributed by atoms with van der Waals surface area (Å²) >= 11 is 5.05. The van der Waals surface area contributed by atoms with Crippen LogP contribution in [0.15, 0.2) is 64.6 Å². The molecule has 3 aromatic rings. The molecule has 1 amide bonds. The van der Waals surface area contributed by atoms with Gasteiger partial charge in [0, 0.05) is 18.1 Å². The molecule has 0 aliphatic carbocycles. The normalized spacial score (nSPS) is 10.4. The summed E-state index contributed by atoms with van der Waals surface area (Å²) in [5.41, 5.74) is 0.444. The van der Waals surface area contributed by atoms with Crippen molar-refractivity contribution >= 4 is 33.2 Å². The molecule has 24 heavy (non-hydrogen) atoms. The fraction of sp³-hybridized carbons (Fsp3) is 0.111. The zero-order valence-corrected chi connectivity index (χ0v) is 15.4. The summed E-state index contributed by atoms with van der Waals surface area (Å²) in [5.74, 6) is 0.835. The van der Waals surface area contributed by atoms with E-state index in [2.05, 4.69) is 20.9 Å². The van der Waals surface area contributed by atoms with Gasteiger partial charge in [0.15, 0.2) is 0 Å². The average Bonchev–Trinajstić information content (AvgIpc) is 3.00. The van der Waals surface area contributed by atoms with Gasteiger partial charge < -0.3 is 9.64 Å². The van der Waals surface area contributed by atoms with Gasteiger partial charge in [-0.1, -0.05) is 18.2 Å². The number of nitrogens with zero attached hydrogens (tertiary/aromatic N) is 2. The van der Waals surface area contributed by atoms with E-state index in [4.69, 9.17) is 4.74 Å². The minimum absolute atomic E-state index is 0.126. The summed E-state index contributed by atoms with van der Waals surface area (Å²) < 4.78 is 6.82. The second kappa shape index (κ2) is 7.59. The number of rotatable bonds is 5. The van der Waals surface area contributed by atoms with E-state index in [1.54, 1.807) is 41.6 Å². The second-order valence-corrected chi connectivity index (χ2v) is 7.69. The van der Waals surface area contributed by atoms with Crippen LogP contribution in [-0.2, 0) is 6.54 Å². The molecule has 122 valence electrons. The maximum absolute atomic E-state index is 12.8. The van der Waals surface area contributed by atoms with Crippen molar-refractivity contribution in [3.8, 4) is 11.6 Å². The molecule has 0 aliphatic rings. The van der Waals surface area contributed by atoms with E-state index in [1.807, 2.05) is 42.5 Å². The Morgan fingerprint density at radius 2 is 1.96 bits per heavy atom. The van der Waals surface area contributed by atoms with Gasteiger partial charge in [0.25, 0.3) is 5.91 Å². The van der Waals surface area contributed by atoms with Gasteiger partial charge in [-0.15, -0.1) is 11.3 Å². The molecule has 0 bridgehead atoms. The fourth-order valence-electron chi connectivity index (χ4n) is 2.18. The van der Waals surface area contributed by atoms with Crippen molar-refractivity contribution in [3.05, 3.63) is 75.0 Å². The summed E-state index contributed by atoms with van der Waals surface area (Å²) in [6, 6.07) is 16.8. The first-order valence-corrected chi connectivity index (χ1v) is 8.92. The number of para-hydroxylation sites is 1. The topological polar surface area (TPSA) is 42.4 Å². The van der Waals surface area contributed by atoms with Gasteiger partial charge in [-0.3, -0.25) is 4.79 Å². The minimum atomic E-state index is -0.126. The lowest BCUT2D eigenvalue weighted by Crippen LogP contribution is -2.26. The van der Waals surface area contributed by atoms with Crippen LogP contribution in [-0.4, -0.2) is 22.8 Å². The summed E-state index contributed by atoms with van der Waals surface area (Å²) in [6.45, 7) is 0.536. The molecule has 0 spiro atoms. The van der Waals surface area contributed by atoms with E-state index in [-0.39, 0.29) is 5.91 Å². The molecule has 0 saturated heterocycles. The van der Waals surface area contributed by atoms with Crippen LogP contribution in [0.5, 0.6) is 11.6 Å². The lowest BCUT2D eigenvalue weighted by Gasteiger charge is -2.17. The number of amides is 1. The summed E-state index contributed by atoms with van der Waals surface area (Å²) in [5, 5.41) is 0. The number of aromatic nitrogens is 1. The molecule has 0 fully saturated rings. The number of halogens is 1. The van der Waals surface area contributed by atoms with Gasteiger partial charge in [-0.05, 0) is 52.3 Å². The Morgan fingerprint density at radius 3 is 2.67 bits per heavy atom. The highest BCUT2D eigenvalue weighted by molar-refractivity contribution is 9.11. The van der Waals surface area contributed by atoms with E-state index in [1.165, 1.54) is 0 Å². The molecule has 1 aromatic carbocycles. The maximum Gasteiger partial charge on any atom is 0.259 e. The van der Waals surface area contributed by atoms with Gasteiger partial charge in [0.1, 0.15) is 11.3 Å². The Morgan fingerprint density at radius 1 is 1.17 bits per heavy atom. The van der Waals surface area contributed by atoms with Crippen LogP contribution in [0.2, 0.25) is 0 Å². The molecule has 0 N–H and O–H groups in total. The first-order chi connectivity index (χ1) is 11.6. The number of hydrogen-bond acceptors (Lipinski definition) is 4. The van der Waals surface area contributed by atoms with Crippen LogP contribution < -0.4 is 4.74 Å². The van der Waals surface area contributed by atoms with E-state index in [9.17, 15) is 4.79 Å². The van der Waals surface area contributed by atoms with Gasteiger partial charge in [0.2, 0.25) is 5.88 Å². The third-order valence-corrected chi connectivity index (χ3v) is 4.94. The molecule has 2 aromatic heterocycles. The van der Waals surface area contributed by atoms with Crippen molar-refractivity contribution in [2.45, 2.75) is 6.54 Å². The molecule has 0 unspecified atom stereocenters. The Kier molecular flexibility index (Phi) is 5.27. The highest BCUT2D eigenvalue weighted by Crippen LogP contribution is 2.26. The molecular formula is C18H15BrN2O2S. The number of pyridine rings is 1. The molecule has 0 aliphatic heterocycles. The summed E-state index contributed by atoms with van der Waals surface area (Å²) in [6.07, 6.45) is 1.62. The second-order valence-electron chi connectivity index (χ2n) is 5.14. The van der Waals surface area contributed by atoms with Crippen LogP contribution >= 0.6 is 27.3 Å². The van der Waals surface area contributed by atoms with E-state index >= 15 is 0 Å². The van der Waals surface area contributed by atoms with Gasteiger partial charge in [-0.25, -0.2) is 4.98 Å². The lowest BCUT2D eigenvalue weighted by molar-refractivity contribution is 0.0783. The van der Waals surface area contributed by atoms with E-state index in [0.29, 0.717) is 23.7 Å². The van der Waals surface area contributed by atoms with Crippen LogP contribution in [0.3, 0.4) is 0 Å². The molecule has 0 saturated carbocycles. The van der Waals surface area contributed by atoms with Crippen LogP contribution in [0.1, 0.15) is 15.2 Å². The number of hydrogen-bond donors (Lipinski definition) is 0. The lowest BCUT2D eigenvalue weighted by atomic mass is 10.2. The third-order valence-electron chi connectivity index (χ3n) is 3.33. The van der Waals surface area contributed by atoms with E-state index in [0.717, 1.165) is 8.66 Å². The van der Waals surface area contributed by atoms with Gasteiger partial charge in [0.05, 0.1) is 10.3 Å². The van der Waals surface area contributed by atoms with Crippen LogP contribution in [0.4, 0.5) is 0 Å². The first kappa shape index (κ1) is 16.7. The Bertz CT molecular complexity index is 836. The Labute approximate surface area is 152 Å². The Hall–Kier alpha value is -2.18. The molecular weight excluding hydrogens is 388 g/mol. The predicted octanol–water partition coefficient (Wildman–Crippen LogP) is 4.97. The molecule has 4 nitrogen and oxygen atoms in total. The number of ether oxygens (including phenoxy) is 1. The van der Waals surface area contributed by atoms with E-state index < -0.39 is 0 Å². The summed E-state index contributed by atoms with van der Waals surface area (Å²) in [7, 11) is 1.77. The van der Waals surface area contributed by atoms with Crippen molar-refractivity contribution in [2.75, 3.05) is 7.05 Å². The quantitative estimate of drug-likeness (QED) is 0.604. The van der Waals surface area contributed by atoms with Crippen molar-refractivity contribution in [2.24, 2.45) is 0 Å². The largest absolute Gasteiger partial charge is 0.438 e. The number of thiophene rings is 1. The number of carbonyl (C=O) groups excluding carboxylic acids is 1. The molecule has 6 heteroatoms. The van der Waals surface area contributed by atoms with Gasteiger partial charge in [-0.2, -0.15) is 0 Å². The highest BCUT2D eigenvalue weighted by Gasteiger charge is 2.19. The first-order valence-electron chi connectivity index (χ1n) is 7.31. The standard InChI is InChI=1S/C18H15BrN2O2S/c1-21(12-14-9-10-16(19)24-14)18(22)15-8-5-11-20-17(15)23-13-6-3-2-4-7-13/h2-11H,12H2,1H3.